The molecule has 0 saturated carbocycles. The standard InChI is InChI=1S/C8H16IN3O3/c9-7(13)15-8(14)12-6-5-11-4-2-1-3-10/h11H,1-6,10H2,(H,12,14). The monoisotopic (exact) mass is 329 g/mol. The van der Waals surface area contributed by atoms with Gasteiger partial charge >= 0.3 is 10.1 Å². The van der Waals surface area contributed by atoms with Crippen LogP contribution in [-0.4, -0.2) is 36.2 Å². The Kier molecular flexibility index (Phi) is 9.84. The van der Waals surface area contributed by atoms with Crippen LogP contribution in [0, 0.1) is 0 Å². The van der Waals surface area contributed by atoms with E-state index in [4.69, 9.17) is 5.73 Å². The molecule has 0 aromatic carbocycles. The van der Waals surface area contributed by atoms with Crippen molar-refractivity contribution in [3.05, 3.63) is 0 Å². The topological polar surface area (TPSA) is 93.5 Å². The van der Waals surface area contributed by atoms with E-state index in [2.05, 4.69) is 15.4 Å². The Bertz CT molecular complexity index is 202. The molecule has 0 bridgehead atoms. The first-order valence-corrected chi connectivity index (χ1v) is 5.80. The van der Waals surface area contributed by atoms with Gasteiger partial charge in [0.15, 0.2) is 0 Å². The lowest BCUT2D eigenvalue weighted by atomic mass is 10.3. The SMILES string of the molecule is NCCCCNCCNC(=O)OC(=O)I. The van der Waals surface area contributed by atoms with Crippen LogP contribution in [0.5, 0.6) is 0 Å². The number of ether oxygens (including phenoxy) is 1. The van der Waals surface area contributed by atoms with E-state index in [1.165, 1.54) is 22.6 Å². The van der Waals surface area contributed by atoms with Crippen LogP contribution in [0.3, 0.4) is 0 Å². The van der Waals surface area contributed by atoms with E-state index < -0.39 is 10.1 Å². The molecule has 0 aliphatic rings. The van der Waals surface area contributed by atoms with E-state index >= 15 is 0 Å². The van der Waals surface area contributed by atoms with Gasteiger partial charge in [-0.15, -0.1) is 0 Å². The second kappa shape index (κ2) is 10.1. The fraction of sp³-hybridized carbons (Fsp3) is 0.750. The van der Waals surface area contributed by atoms with E-state index in [9.17, 15) is 9.59 Å². The number of nitrogens with two attached hydrogens (primary N) is 1. The molecule has 0 aliphatic carbocycles. The summed E-state index contributed by atoms with van der Waals surface area (Å²) in [6, 6.07) is 0. The molecule has 1 amide bonds. The maximum Gasteiger partial charge on any atom is 0.415 e. The molecule has 0 fully saturated rings. The molecule has 0 rings (SSSR count). The molecule has 0 heterocycles. The lowest BCUT2D eigenvalue weighted by Gasteiger charge is -2.05. The third-order valence-electron chi connectivity index (χ3n) is 1.55. The average Bonchev–Trinajstić information content (AvgIpc) is 2.15. The molecule has 7 heteroatoms. The van der Waals surface area contributed by atoms with E-state index in [1.54, 1.807) is 0 Å². The van der Waals surface area contributed by atoms with Crippen LogP contribution in [0.25, 0.3) is 0 Å². The van der Waals surface area contributed by atoms with Crippen molar-refractivity contribution in [1.29, 1.82) is 0 Å². The van der Waals surface area contributed by atoms with E-state index in [-0.39, 0.29) is 0 Å². The van der Waals surface area contributed by atoms with Gasteiger partial charge < -0.3 is 21.1 Å². The molecule has 0 spiro atoms. The zero-order chi connectivity index (χ0) is 11.5. The number of unbranched alkanes of at least 4 members (excludes halogenated alkanes) is 1. The van der Waals surface area contributed by atoms with Gasteiger partial charge in [-0.25, -0.2) is 9.59 Å². The van der Waals surface area contributed by atoms with Crippen LogP contribution in [0.2, 0.25) is 0 Å². The summed E-state index contributed by atoms with van der Waals surface area (Å²) in [7, 11) is 0. The second-order valence-corrected chi connectivity index (χ2v) is 3.68. The first kappa shape index (κ1) is 14.6. The van der Waals surface area contributed by atoms with Crippen molar-refractivity contribution >= 4 is 32.7 Å². The van der Waals surface area contributed by atoms with E-state index in [0.717, 1.165) is 19.4 Å². The predicted octanol–water partition coefficient (Wildman–Crippen LogP) is 0.596. The number of hydrogen-bond acceptors (Lipinski definition) is 5. The van der Waals surface area contributed by atoms with Crippen molar-refractivity contribution in [2.24, 2.45) is 5.73 Å². The van der Waals surface area contributed by atoms with Gasteiger partial charge in [0, 0.05) is 13.1 Å². The Morgan fingerprint density at radius 2 is 1.93 bits per heavy atom. The summed E-state index contributed by atoms with van der Waals surface area (Å²) >= 11 is 1.39. The number of carbonyl (C=O) groups is 2. The molecule has 88 valence electrons. The highest BCUT2D eigenvalue weighted by Gasteiger charge is 2.04. The summed E-state index contributed by atoms with van der Waals surface area (Å²) in [5.41, 5.74) is 5.32. The number of halogens is 1. The maximum atomic E-state index is 10.8. The van der Waals surface area contributed by atoms with Crippen LogP contribution in [0.4, 0.5) is 9.59 Å². The van der Waals surface area contributed by atoms with Gasteiger partial charge in [-0.05, 0) is 25.9 Å². The molecule has 6 nitrogen and oxygen atoms in total. The molecule has 0 aromatic heterocycles. The number of hydrogen-bond donors (Lipinski definition) is 3. The summed E-state index contributed by atoms with van der Waals surface area (Å²) in [6.07, 6.45) is 1.30. The predicted molar refractivity (Wildman–Crippen MR) is 65.1 cm³/mol. The van der Waals surface area contributed by atoms with Gasteiger partial charge in [0.2, 0.25) is 0 Å². The molecular weight excluding hydrogens is 313 g/mol. The van der Waals surface area contributed by atoms with E-state index in [0.29, 0.717) is 19.6 Å². The Morgan fingerprint density at radius 1 is 1.20 bits per heavy atom. The quantitative estimate of drug-likeness (QED) is 0.275. The summed E-state index contributed by atoms with van der Waals surface area (Å²) in [5, 5.41) is 5.55. The summed E-state index contributed by atoms with van der Waals surface area (Å²) in [4.78, 5) is 21.1. The van der Waals surface area contributed by atoms with Crippen molar-refractivity contribution in [3.63, 3.8) is 0 Å². The largest absolute Gasteiger partial charge is 0.415 e. The van der Waals surface area contributed by atoms with Gasteiger partial charge in [0.1, 0.15) is 0 Å². The molecule has 0 aliphatic heterocycles. The summed E-state index contributed by atoms with van der Waals surface area (Å²) in [5.74, 6) is 0. The van der Waals surface area contributed by atoms with Gasteiger partial charge in [0.25, 0.3) is 0 Å². The molecule has 4 N–H and O–H groups in total. The molecule has 0 unspecified atom stereocenters. The third kappa shape index (κ3) is 11.5. The zero-order valence-corrected chi connectivity index (χ0v) is 10.6. The van der Waals surface area contributed by atoms with Crippen LogP contribution >= 0.6 is 22.6 Å². The summed E-state index contributed by atoms with van der Waals surface area (Å²) in [6.45, 7) is 2.66. The average molecular weight is 329 g/mol. The minimum Gasteiger partial charge on any atom is -0.368 e. The molecular formula is C8H16IN3O3. The molecule has 0 aromatic rings. The highest BCUT2D eigenvalue weighted by atomic mass is 127. The Labute approximate surface area is 102 Å². The minimum atomic E-state index is -0.710. The number of amides is 1. The minimum absolute atomic E-state index is 0.436. The highest BCUT2D eigenvalue weighted by molar-refractivity contribution is 14.1. The maximum absolute atomic E-state index is 10.8. The van der Waals surface area contributed by atoms with Crippen molar-refractivity contribution < 1.29 is 14.3 Å². The van der Waals surface area contributed by atoms with Crippen LogP contribution in [0.1, 0.15) is 12.8 Å². The molecule has 0 saturated heterocycles. The van der Waals surface area contributed by atoms with Crippen molar-refractivity contribution in [2.75, 3.05) is 26.2 Å². The number of carbonyl (C=O) groups excluding carboxylic acids is 2. The number of alkyl carbamates (subject to hydrolysis) is 1. The lowest BCUT2D eigenvalue weighted by molar-refractivity contribution is 0.169. The normalized spacial score (nSPS) is 9.73. The Balaban J connectivity index is 3.16. The Morgan fingerprint density at radius 3 is 2.53 bits per heavy atom. The second-order valence-electron chi connectivity index (χ2n) is 2.80. The summed E-state index contributed by atoms with van der Waals surface area (Å²) < 4.78 is 3.61. The smallest absolute Gasteiger partial charge is 0.368 e. The zero-order valence-electron chi connectivity index (χ0n) is 8.42. The number of nitrogens with one attached hydrogen (secondary N) is 2. The van der Waals surface area contributed by atoms with Crippen molar-refractivity contribution in [2.45, 2.75) is 12.8 Å². The van der Waals surface area contributed by atoms with Crippen molar-refractivity contribution in [3.8, 4) is 0 Å². The third-order valence-corrected chi connectivity index (χ3v) is 1.77. The molecule has 0 radical (unpaired) electrons. The van der Waals surface area contributed by atoms with Gasteiger partial charge in [0.05, 0.1) is 22.6 Å². The van der Waals surface area contributed by atoms with Crippen LogP contribution in [0.15, 0.2) is 0 Å². The van der Waals surface area contributed by atoms with Crippen molar-refractivity contribution in [1.82, 2.24) is 10.6 Å². The van der Waals surface area contributed by atoms with Crippen LogP contribution < -0.4 is 16.4 Å². The lowest BCUT2D eigenvalue weighted by Crippen LogP contribution is -2.33. The van der Waals surface area contributed by atoms with Gasteiger partial charge in [-0.1, -0.05) is 0 Å². The Hall–Kier alpha value is -0.410. The number of rotatable bonds is 7. The van der Waals surface area contributed by atoms with Crippen LogP contribution in [-0.2, 0) is 4.74 Å². The fourth-order valence-electron chi connectivity index (χ4n) is 0.881. The highest BCUT2D eigenvalue weighted by Crippen LogP contribution is 1.90. The fourth-order valence-corrected chi connectivity index (χ4v) is 1.08. The van der Waals surface area contributed by atoms with Gasteiger partial charge in [-0.2, -0.15) is 0 Å². The first-order valence-electron chi connectivity index (χ1n) is 4.72. The molecule has 0 atom stereocenters. The van der Waals surface area contributed by atoms with E-state index in [1.807, 2.05) is 0 Å². The first-order chi connectivity index (χ1) is 7.16. The van der Waals surface area contributed by atoms with Gasteiger partial charge in [-0.3, -0.25) is 0 Å². The molecule has 15 heavy (non-hydrogen) atoms.